The molecule has 8 heteroatoms. The van der Waals surface area contributed by atoms with Crippen LogP contribution in [0.1, 0.15) is 20.3 Å². The summed E-state index contributed by atoms with van der Waals surface area (Å²) < 4.78 is 35.9. The lowest BCUT2D eigenvalue weighted by atomic mass is 9.98. The summed E-state index contributed by atoms with van der Waals surface area (Å²) in [4.78, 5) is 24.1. The van der Waals surface area contributed by atoms with Crippen LogP contribution >= 0.6 is 11.8 Å². The number of urea groups is 1. The third-order valence-corrected chi connectivity index (χ3v) is 3.53. The van der Waals surface area contributed by atoms with Gasteiger partial charge in [-0.25, -0.2) is 4.79 Å². The predicted octanol–water partition coefficient (Wildman–Crippen LogP) is 1.96. The number of alkyl halides is 3. The van der Waals surface area contributed by atoms with Crippen molar-refractivity contribution in [2.45, 2.75) is 31.3 Å². The van der Waals surface area contributed by atoms with Crippen LogP contribution in [0, 0.1) is 0 Å². The molecule has 1 N–H and O–H groups in total. The molecule has 4 nitrogen and oxygen atoms in total. The molecule has 3 amide bonds. The first-order valence-electron chi connectivity index (χ1n) is 5.04. The number of halogens is 3. The molecule has 98 valence electrons. The van der Waals surface area contributed by atoms with Crippen molar-refractivity contribution in [1.29, 1.82) is 0 Å². The highest BCUT2D eigenvalue weighted by molar-refractivity contribution is 8.00. The van der Waals surface area contributed by atoms with Gasteiger partial charge in [-0.1, -0.05) is 6.92 Å². The number of thioether (sulfide) groups is 1. The molecule has 1 fully saturated rings. The number of amides is 3. The quantitative estimate of drug-likeness (QED) is 0.794. The number of nitrogens with one attached hydrogen (secondary N) is 1. The highest BCUT2D eigenvalue weighted by atomic mass is 32.2. The van der Waals surface area contributed by atoms with Crippen LogP contribution in [0.15, 0.2) is 0 Å². The first-order valence-corrected chi connectivity index (χ1v) is 6.03. The molecule has 1 heterocycles. The third kappa shape index (κ3) is 3.05. The van der Waals surface area contributed by atoms with Gasteiger partial charge in [-0.3, -0.25) is 10.1 Å². The molecule has 17 heavy (non-hydrogen) atoms. The molecule has 0 aromatic heterocycles. The molecule has 1 atom stereocenters. The summed E-state index contributed by atoms with van der Waals surface area (Å²) in [5.41, 5.74) is -5.36. The van der Waals surface area contributed by atoms with Gasteiger partial charge in [-0.2, -0.15) is 13.2 Å². The van der Waals surface area contributed by atoms with Crippen molar-refractivity contribution in [3.8, 4) is 0 Å². The van der Waals surface area contributed by atoms with Crippen molar-refractivity contribution in [2.75, 3.05) is 12.3 Å². The van der Waals surface area contributed by atoms with E-state index in [-0.39, 0.29) is 24.1 Å². The van der Waals surface area contributed by atoms with Gasteiger partial charge in [0.1, 0.15) is 5.54 Å². The Morgan fingerprint density at radius 2 is 2.00 bits per heavy atom. The summed E-state index contributed by atoms with van der Waals surface area (Å²) >= 11 is -0.198. The van der Waals surface area contributed by atoms with Gasteiger partial charge < -0.3 is 4.90 Å². The number of imide groups is 1. The molecule has 0 aromatic carbocycles. The lowest BCUT2D eigenvalue weighted by molar-refractivity contribution is -0.125. The van der Waals surface area contributed by atoms with E-state index < -0.39 is 23.0 Å². The maximum atomic E-state index is 12.0. The first kappa shape index (κ1) is 14.1. The fourth-order valence-electron chi connectivity index (χ4n) is 1.60. The average Bonchev–Trinajstić information content (AvgIpc) is 2.40. The van der Waals surface area contributed by atoms with E-state index >= 15 is 0 Å². The van der Waals surface area contributed by atoms with E-state index in [2.05, 4.69) is 5.32 Å². The van der Waals surface area contributed by atoms with Crippen molar-refractivity contribution < 1.29 is 22.8 Å². The first-order chi connectivity index (χ1) is 7.70. The van der Waals surface area contributed by atoms with Crippen LogP contribution in [0.2, 0.25) is 0 Å². The SMILES string of the molecule is CCC1(C)C(=O)NC(=O)N1CCSC(F)(F)F. The monoisotopic (exact) mass is 270 g/mol. The van der Waals surface area contributed by atoms with Gasteiger partial charge in [0.25, 0.3) is 5.91 Å². The molecular weight excluding hydrogens is 257 g/mol. The second-order valence-corrected chi connectivity index (χ2v) is 4.99. The van der Waals surface area contributed by atoms with Crippen molar-refractivity contribution >= 4 is 23.7 Å². The van der Waals surface area contributed by atoms with Gasteiger partial charge in [0.15, 0.2) is 0 Å². The molecular formula is C9H13F3N2O2S. The molecule has 0 aliphatic carbocycles. The summed E-state index contributed by atoms with van der Waals surface area (Å²) in [5, 5.41) is 2.11. The smallest absolute Gasteiger partial charge is 0.309 e. The average molecular weight is 270 g/mol. The normalized spacial score (nSPS) is 25.4. The van der Waals surface area contributed by atoms with Gasteiger partial charge in [0.2, 0.25) is 0 Å². The van der Waals surface area contributed by atoms with Gasteiger partial charge in [0, 0.05) is 12.3 Å². The zero-order valence-corrected chi connectivity index (χ0v) is 10.2. The number of hydrogen-bond donors (Lipinski definition) is 1. The standard InChI is InChI=1S/C9H13F3N2O2S/c1-3-8(2)6(15)13-7(16)14(8)4-5-17-9(10,11)12/h3-5H2,1-2H3,(H,13,15,16). The molecule has 1 rings (SSSR count). The van der Waals surface area contributed by atoms with Crippen LogP contribution in [0.25, 0.3) is 0 Å². The van der Waals surface area contributed by atoms with Crippen LogP contribution in [-0.2, 0) is 4.79 Å². The Bertz CT molecular complexity index is 335. The Balaban J connectivity index is 2.63. The molecule has 0 bridgehead atoms. The van der Waals surface area contributed by atoms with Crippen molar-refractivity contribution in [3.05, 3.63) is 0 Å². The maximum Gasteiger partial charge on any atom is 0.441 e. The van der Waals surface area contributed by atoms with E-state index in [1.807, 2.05) is 0 Å². The Hall–Kier alpha value is -0.920. The number of carbonyl (C=O) groups is 2. The van der Waals surface area contributed by atoms with E-state index in [1.54, 1.807) is 13.8 Å². The summed E-state index contributed by atoms with van der Waals surface area (Å²) in [6.45, 7) is 3.15. The van der Waals surface area contributed by atoms with E-state index in [4.69, 9.17) is 0 Å². The molecule has 1 saturated heterocycles. The van der Waals surface area contributed by atoms with E-state index in [9.17, 15) is 22.8 Å². The summed E-state index contributed by atoms with van der Waals surface area (Å²) in [6, 6.07) is -0.623. The minimum atomic E-state index is -4.32. The Morgan fingerprint density at radius 1 is 1.41 bits per heavy atom. The van der Waals surface area contributed by atoms with Gasteiger partial charge in [-0.15, -0.1) is 0 Å². The Kier molecular flexibility index (Phi) is 3.95. The summed E-state index contributed by atoms with van der Waals surface area (Å²) in [5.74, 6) is -0.734. The minimum Gasteiger partial charge on any atom is -0.309 e. The number of carbonyl (C=O) groups excluding carboxylic acids is 2. The maximum absolute atomic E-state index is 12.0. The Morgan fingerprint density at radius 3 is 2.47 bits per heavy atom. The molecule has 1 aliphatic heterocycles. The molecule has 0 spiro atoms. The molecule has 0 saturated carbocycles. The molecule has 0 radical (unpaired) electrons. The third-order valence-electron chi connectivity index (χ3n) is 2.82. The highest BCUT2D eigenvalue weighted by Crippen LogP contribution is 2.31. The van der Waals surface area contributed by atoms with Crippen LogP contribution in [0.5, 0.6) is 0 Å². The van der Waals surface area contributed by atoms with Crippen LogP contribution in [-0.4, -0.2) is 40.2 Å². The minimum absolute atomic E-state index is 0.105. The second-order valence-electron chi connectivity index (χ2n) is 3.83. The van der Waals surface area contributed by atoms with Gasteiger partial charge in [0.05, 0.1) is 0 Å². The molecule has 0 aromatic rings. The fraction of sp³-hybridized carbons (Fsp3) is 0.778. The van der Waals surface area contributed by atoms with E-state index in [0.717, 1.165) is 4.90 Å². The largest absolute Gasteiger partial charge is 0.441 e. The second kappa shape index (κ2) is 4.75. The van der Waals surface area contributed by atoms with Gasteiger partial charge >= 0.3 is 11.5 Å². The van der Waals surface area contributed by atoms with E-state index in [0.29, 0.717) is 6.42 Å². The topological polar surface area (TPSA) is 49.4 Å². The lowest BCUT2D eigenvalue weighted by Gasteiger charge is -2.30. The highest BCUT2D eigenvalue weighted by Gasteiger charge is 2.47. The van der Waals surface area contributed by atoms with Crippen LogP contribution in [0.3, 0.4) is 0 Å². The zero-order chi connectivity index (χ0) is 13.3. The van der Waals surface area contributed by atoms with Crippen molar-refractivity contribution in [1.82, 2.24) is 10.2 Å². The van der Waals surface area contributed by atoms with Crippen LogP contribution in [0.4, 0.5) is 18.0 Å². The fourth-order valence-corrected chi connectivity index (χ4v) is 2.10. The summed E-state index contributed by atoms with van der Waals surface area (Å²) in [7, 11) is 0. The van der Waals surface area contributed by atoms with E-state index in [1.165, 1.54) is 0 Å². The van der Waals surface area contributed by atoms with Crippen molar-refractivity contribution in [2.24, 2.45) is 0 Å². The molecule has 1 aliphatic rings. The number of hydrogen-bond acceptors (Lipinski definition) is 3. The molecule has 1 unspecified atom stereocenters. The van der Waals surface area contributed by atoms with Crippen molar-refractivity contribution in [3.63, 3.8) is 0 Å². The predicted molar refractivity (Wildman–Crippen MR) is 57.5 cm³/mol. The Labute approximate surface area is 101 Å². The van der Waals surface area contributed by atoms with Crippen LogP contribution < -0.4 is 5.32 Å². The summed E-state index contributed by atoms with van der Waals surface area (Å²) in [6.07, 6.45) is 0.362. The lowest BCUT2D eigenvalue weighted by Crippen LogP contribution is -2.47. The number of nitrogens with zero attached hydrogens (tertiary/aromatic N) is 1. The zero-order valence-electron chi connectivity index (χ0n) is 9.43. The van der Waals surface area contributed by atoms with Gasteiger partial charge in [-0.05, 0) is 25.1 Å². The number of rotatable bonds is 4.